The van der Waals surface area contributed by atoms with Crippen LogP contribution in [0.5, 0.6) is 0 Å². The molecule has 3 N–H and O–H groups in total. The minimum absolute atomic E-state index is 0.0416. The van der Waals surface area contributed by atoms with E-state index in [1.807, 2.05) is 0 Å². The summed E-state index contributed by atoms with van der Waals surface area (Å²) in [5, 5.41) is 15.1. The molecule has 0 aromatic rings. The van der Waals surface area contributed by atoms with Gasteiger partial charge in [0.2, 0.25) is 5.91 Å². The molecule has 1 aliphatic heterocycles. The summed E-state index contributed by atoms with van der Waals surface area (Å²) < 4.78 is 5.34. The van der Waals surface area contributed by atoms with Crippen molar-refractivity contribution >= 4 is 11.9 Å². The van der Waals surface area contributed by atoms with Gasteiger partial charge in [0.15, 0.2) is 0 Å². The number of nitrogens with one attached hydrogen (secondary N) is 2. The maximum atomic E-state index is 12.1. The molecule has 0 bridgehead atoms. The van der Waals surface area contributed by atoms with Crippen LogP contribution in [0.15, 0.2) is 0 Å². The number of carboxylic acids is 1. The monoisotopic (exact) mass is 270 g/mol. The molecule has 6 nitrogen and oxygen atoms in total. The minimum Gasteiger partial charge on any atom is -0.481 e. The predicted octanol–water partition coefficient (Wildman–Crippen LogP) is -0.0180. The van der Waals surface area contributed by atoms with Crippen molar-refractivity contribution in [1.82, 2.24) is 10.6 Å². The molecule has 1 aliphatic carbocycles. The molecule has 1 amide bonds. The van der Waals surface area contributed by atoms with Crippen LogP contribution in [-0.4, -0.2) is 49.3 Å². The number of aliphatic carboxylic acids is 1. The Morgan fingerprint density at radius 1 is 1.37 bits per heavy atom. The maximum absolute atomic E-state index is 12.1. The van der Waals surface area contributed by atoms with Gasteiger partial charge in [0.25, 0.3) is 0 Å². The molecule has 2 rings (SSSR count). The lowest BCUT2D eigenvalue weighted by Crippen LogP contribution is -2.46. The highest BCUT2D eigenvalue weighted by molar-refractivity contribution is 5.82. The number of carboxylic acid groups (broad SMARTS) is 1. The zero-order valence-corrected chi connectivity index (χ0v) is 11.3. The average molecular weight is 270 g/mol. The van der Waals surface area contributed by atoms with Crippen LogP contribution in [0.25, 0.3) is 0 Å². The number of rotatable bonds is 7. The molecular formula is C13H22N2O4. The third-order valence-corrected chi connectivity index (χ3v) is 3.98. The lowest BCUT2D eigenvalue weighted by molar-refractivity contribution is -0.143. The summed E-state index contributed by atoms with van der Waals surface area (Å²) in [5.74, 6) is -1.12. The first-order valence-corrected chi connectivity index (χ1v) is 6.91. The van der Waals surface area contributed by atoms with Gasteiger partial charge in [-0.3, -0.25) is 9.59 Å². The number of amides is 1. The number of carbonyl (C=O) groups excluding carboxylic acids is 1. The van der Waals surface area contributed by atoms with Gasteiger partial charge in [0, 0.05) is 12.6 Å². The minimum atomic E-state index is -0.809. The van der Waals surface area contributed by atoms with Crippen LogP contribution >= 0.6 is 0 Å². The molecule has 2 fully saturated rings. The zero-order chi connectivity index (χ0) is 13.9. The molecule has 0 aromatic carbocycles. The molecule has 108 valence electrons. The normalized spacial score (nSPS) is 28.1. The van der Waals surface area contributed by atoms with Crippen LogP contribution in [0.1, 0.15) is 26.2 Å². The molecule has 2 aliphatic rings. The van der Waals surface area contributed by atoms with Gasteiger partial charge in [0.05, 0.1) is 24.5 Å². The first-order chi connectivity index (χ1) is 9.09. The molecule has 0 radical (unpaired) electrons. The zero-order valence-electron chi connectivity index (χ0n) is 11.3. The second-order valence-electron chi connectivity index (χ2n) is 5.51. The van der Waals surface area contributed by atoms with E-state index in [0.29, 0.717) is 26.1 Å². The first-order valence-electron chi connectivity index (χ1n) is 6.91. The van der Waals surface area contributed by atoms with E-state index in [4.69, 9.17) is 9.84 Å². The second-order valence-corrected chi connectivity index (χ2v) is 5.51. The molecule has 19 heavy (non-hydrogen) atoms. The van der Waals surface area contributed by atoms with Gasteiger partial charge in [-0.2, -0.15) is 0 Å². The molecule has 1 saturated heterocycles. The molecular weight excluding hydrogens is 248 g/mol. The van der Waals surface area contributed by atoms with E-state index in [0.717, 1.165) is 13.0 Å². The summed E-state index contributed by atoms with van der Waals surface area (Å²) in [5.41, 5.74) is -0.707. The summed E-state index contributed by atoms with van der Waals surface area (Å²) in [6.45, 7) is 4.12. The first kappa shape index (κ1) is 14.3. The van der Waals surface area contributed by atoms with E-state index < -0.39 is 11.4 Å². The fraction of sp³-hybridized carbons (Fsp3) is 0.846. The highest BCUT2D eigenvalue weighted by Gasteiger charge is 2.50. The summed E-state index contributed by atoms with van der Waals surface area (Å²) in [4.78, 5) is 23.1. The van der Waals surface area contributed by atoms with Crippen molar-refractivity contribution in [2.45, 2.75) is 32.2 Å². The van der Waals surface area contributed by atoms with Crippen molar-refractivity contribution in [3.63, 3.8) is 0 Å². The molecule has 0 aromatic heterocycles. The fourth-order valence-electron chi connectivity index (χ4n) is 2.35. The lowest BCUT2D eigenvalue weighted by atomic mass is 10.0. The van der Waals surface area contributed by atoms with Crippen molar-refractivity contribution in [2.75, 3.05) is 26.3 Å². The smallest absolute Gasteiger partial charge is 0.311 e. The van der Waals surface area contributed by atoms with Gasteiger partial charge in [0.1, 0.15) is 0 Å². The number of ether oxygens (including phenoxy) is 1. The number of hydrogen-bond donors (Lipinski definition) is 3. The number of carbonyl (C=O) groups is 2. The van der Waals surface area contributed by atoms with Gasteiger partial charge in [-0.25, -0.2) is 0 Å². The molecule has 1 heterocycles. The Labute approximate surface area is 112 Å². The van der Waals surface area contributed by atoms with Gasteiger partial charge in [-0.15, -0.1) is 0 Å². The van der Waals surface area contributed by atoms with Crippen molar-refractivity contribution in [1.29, 1.82) is 0 Å². The van der Waals surface area contributed by atoms with Crippen LogP contribution in [0.3, 0.4) is 0 Å². The number of hydrogen-bond acceptors (Lipinski definition) is 4. The Kier molecular flexibility index (Phi) is 4.42. The van der Waals surface area contributed by atoms with Gasteiger partial charge < -0.3 is 20.5 Å². The van der Waals surface area contributed by atoms with Crippen molar-refractivity contribution in [3.05, 3.63) is 0 Å². The van der Waals surface area contributed by atoms with E-state index in [-0.39, 0.29) is 24.4 Å². The lowest BCUT2D eigenvalue weighted by Gasteiger charge is -2.19. The standard InChI is InChI=1S/C13H22N2O4/c1-2-5-14-10-7-19-6-9(10)11(16)15-8-13(3-4-13)12(17)18/h9-10,14H,2-8H2,1H3,(H,15,16)(H,17,18). The summed E-state index contributed by atoms with van der Waals surface area (Å²) in [6, 6.07) is 0.0416. The molecule has 0 spiro atoms. The van der Waals surface area contributed by atoms with Gasteiger partial charge >= 0.3 is 5.97 Å². The van der Waals surface area contributed by atoms with Crippen LogP contribution in [-0.2, 0) is 14.3 Å². The molecule has 1 saturated carbocycles. The van der Waals surface area contributed by atoms with E-state index in [1.54, 1.807) is 0 Å². The Morgan fingerprint density at radius 2 is 2.11 bits per heavy atom. The summed E-state index contributed by atoms with van der Waals surface area (Å²) in [6.07, 6.45) is 2.32. The Morgan fingerprint density at radius 3 is 2.68 bits per heavy atom. The molecule has 2 unspecified atom stereocenters. The van der Waals surface area contributed by atoms with Crippen LogP contribution < -0.4 is 10.6 Å². The van der Waals surface area contributed by atoms with E-state index in [9.17, 15) is 9.59 Å². The highest BCUT2D eigenvalue weighted by atomic mass is 16.5. The average Bonchev–Trinajstić information content (AvgIpc) is 3.05. The fourth-order valence-corrected chi connectivity index (χ4v) is 2.35. The van der Waals surface area contributed by atoms with E-state index in [1.165, 1.54) is 0 Å². The predicted molar refractivity (Wildman–Crippen MR) is 68.7 cm³/mol. The van der Waals surface area contributed by atoms with Crippen LogP contribution in [0.4, 0.5) is 0 Å². The maximum Gasteiger partial charge on any atom is 0.311 e. The van der Waals surface area contributed by atoms with E-state index in [2.05, 4.69) is 17.6 Å². The largest absolute Gasteiger partial charge is 0.481 e. The third-order valence-electron chi connectivity index (χ3n) is 3.98. The summed E-state index contributed by atoms with van der Waals surface area (Å²) >= 11 is 0. The van der Waals surface area contributed by atoms with Crippen molar-refractivity contribution in [3.8, 4) is 0 Å². The topological polar surface area (TPSA) is 87.7 Å². The van der Waals surface area contributed by atoms with Gasteiger partial charge in [-0.05, 0) is 25.8 Å². The Balaban J connectivity index is 1.80. The van der Waals surface area contributed by atoms with Crippen LogP contribution in [0.2, 0.25) is 0 Å². The second kappa shape index (κ2) is 5.88. The quantitative estimate of drug-likeness (QED) is 0.605. The molecule has 2 atom stereocenters. The molecule has 6 heteroatoms. The van der Waals surface area contributed by atoms with Crippen molar-refractivity contribution < 1.29 is 19.4 Å². The SMILES string of the molecule is CCCNC1COCC1C(=O)NCC1(C(=O)O)CC1. The van der Waals surface area contributed by atoms with Gasteiger partial charge in [-0.1, -0.05) is 6.92 Å². The van der Waals surface area contributed by atoms with E-state index >= 15 is 0 Å². The Bertz CT molecular complexity index is 355. The third kappa shape index (κ3) is 3.25. The highest BCUT2D eigenvalue weighted by Crippen LogP contribution is 2.45. The van der Waals surface area contributed by atoms with Crippen molar-refractivity contribution in [2.24, 2.45) is 11.3 Å². The Hall–Kier alpha value is -1.14. The van der Waals surface area contributed by atoms with Crippen LogP contribution in [0, 0.1) is 11.3 Å². The summed E-state index contributed by atoms with van der Waals surface area (Å²) in [7, 11) is 0.